The molecule has 0 saturated heterocycles. The van der Waals surface area contributed by atoms with E-state index in [1.54, 1.807) is 0 Å². The minimum Gasteiger partial charge on any atom is -0.481 e. The quantitative estimate of drug-likeness (QED) is 0.601. The van der Waals surface area contributed by atoms with Gasteiger partial charge in [-0.15, -0.1) is 0 Å². The van der Waals surface area contributed by atoms with Gasteiger partial charge in [0.05, 0.1) is 0 Å². The van der Waals surface area contributed by atoms with Crippen molar-refractivity contribution < 1.29 is 9.90 Å². The first kappa shape index (κ1) is 8.96. The van der Waals surface area contributed by atoms with Crippen LogP contribution in [0.15, 0.2) is 0 Å². The number of carbonyl (C=O) groups is 1. The SMILES string of the molecule is [C-]#[N+]C[C@@H](CCC)C(=O)O. The van der Waals surface area contributed by atoms with E-state index in [1.807, 2.05) is 6.92 Å². The number of aliphatic carboxylic acids is 1. The van der Waals surface area contributed by atoms with Crippen molar-refractivity contribution in [3.8, 4) is 0 Å². The lowest BCUT2D eigenvalue weighted by atomic mass is 10.1. The monoisotopic (exact) mass is 141 g/mol. The summed E-state index contributed by atoms with van der Waals surface area (Å²) in [5.41, 5.74) is 0. The topological polar surface area (TPSA) is 41.7 Å². The summed E-state index contributed by atoms with van der Waals surface area (Å²) < 4.78 is 0. The van der Waals surface area contributed by atoms with Crippen LogP contribution in [0.4, 0.5) is 0 Å². The highest BCUT2D eigenvalue weighted by Gasteiger charge is 2.18. The third-order valence-electron chi connectivity index (χ3n) is 1.30. The first-order valence-corrected chi connectivity index (χ1v) is 3.28. The molecule has 0 heterocycles. The van der Waals surface area contributed by atoms with Gasteiger partial charge in [-0.2, -0.15) is 0 Å². The van der Waals surface area contributed by atoms with Crippen molar-refractivity contribution in [3.63, 3.8) is 0 Å². The van der Waals surface area contributed by atoms with Gasteiger partial charge in [0.1, 0.15) is 5.92 Å². The molecule has 0 rings (SSSR count). The van der Waals surface area contributed by atoms with Crippen LogP contribution in [0.2, 0.25) is 0 Å². The third kappa shape index (κ3) is 3.08. The molecule has 0 amide bonds. The Balaban J connectivity index is 3.75. The minimum absolute atomic E-state index is 0.114. The van der Waals surface area contributed by atoms with Gasteiger partial charge >= 0.3 is 5.97 Å². The average Bonchev–Trinajstić information content (AvgIpc) is 1.87. The van der Waals surface area contributed by atoms with Crippen molar-refractivity contribution in [2.75, 3.05) is 6.54 Å². The molecule has 0 saturated carbocycles. The highest BCUT2D eigenvalue weighted by atomic mass is 16.4. The zero-order chi connectivity index (χ0) is 7.98. The Bertz CT molecular complexity index is 148. The predicted octanol–water partition coefficient (Wildman–Crippen LogP) is 1.41. The summed E-state index contributed by atoms with van der Waals surface area (Å²) in [6.07, 6.45) is 1.43. The summed E-state index contributed by atoms with van der Waals surface area (Å²) in [5, 5.41) is 8.49. The Labute approximate surface area is 60.5 Å². The van der Waals surface area contributed by atoms with Gasteiger partial charge in [0.15, 0.2) is 0 Å². The summed E-state index contributed by atoms with van der Waals surface area (Å²) in [5.74, 6) is -1.31. The Hall–Kier alpha value is -1.04. The summed E-state index contributed by atoms with van der Waals surface area (Å²) >= 11 is 0. The Kier molecular flexibility index (Phi) is 4.30. The molecule has 0 aliphatic rings. The highest BCUT2D eigenvalue weighted by Crippen LogP contribution is 2.06. The normalized spacial score (nSPS) is 12.0. The van der Waals surface area contributed by atoms with Gasteiger partial charge in [-0.25, -0.2) is 6.57 Å². The Morgan fingerprint density at radius 3 is 2.70 bits per heavy atom. The summed E-state index contributed by atoms with van der Waals surface area (Å²) in [7, 11) is 0. The molecule has 1 N–H and O–H groups in total. The molecule has 0 aliphatic carbocycles. The lowest BCUT2D eigenvalue weighted by Gasteiger charge is -2.01. The number of carboxylic acids is 1. The molecule has 3 nitrogen and oxygen atoms in total. The molecule has 56 valence electrons. The van der Waals surface area contributed by atoms with E-state index < -0.39 is 11.9 Å². The van der Waals surface area contributed by atoms with Gasteiger partial charge in [0, 0.05) is 0 Å². The van der Waals surface area contributed by atoms with Crippen LogP contribution in [0.25, 0.3) is 4.85 Å². The van der Waals surface area contributed by atoms with Crippen molar-refractivity contribution in [3.05, 3.63) is 11.4 Å². The average molecular weight is 141 g/mol. The molecule has 0 unspecified atom stereocenters. The molecule has 0 fully saturated rings. The smallest absolute Gasteiger partial charge is 0.314 e. The summed E-state index contributed by atoms with van der Waals surface area (Å²) in [6.45, 7) is 8.50. The van der Waals surface area contributed by atoms with Crippen molar-refractivity contribution in [2.24, 2.45) is 5.92 Å². The standard InChI is InChI=1S/C7H11NO2/c1-3-4-6(5-8-2)7(9)10/h6H,3-5H2,1H3,(H,9,10)/t6-/m1/s1. The van der Waals surface area contributed by atoms with Crippen LogP contribution in [0, 0.1) is 12.5 Å². The zero-order valence-electron chi connectivity index (χ0n) is 6.00. The largest absolute Gasteiger partial charge is 0.481 e. The molecule has 1 atom stereocenters. The molecule has 0 aromatic heterocycles. The van der Waals surface area contributed by atoms with E-state index in [4.69, 9.17) is 11.7 Å². The van der Waals surface area contributed by atoms with Crippen molar-refractivity contribution in [2.45, 2.75) is 19.8 Å². The molecule has 0 radical (unpaired) electrons. The number of carboxylic acid groups (broad SMARTS) is 1. The predicted molar refractivity (Wildman–Crippen MR) is 37.5 cm³/mol. The van der Waals surface area contributed by atoms with Crippen LogP contribution in [-0.2, 0) is 4.79 Å². The first-order chi connectivity index (χ1) is 4.72. The number of nitrogens with zero attached hydrogens (tertiary/aromatic N) is 1. The second-order valence-corrected chi connectivity index (χ2v) is 2.16. The van der Waals surface area contributed by atoms with Crippen molar-refractivity contribution in [1.29, 1.82) is 0 Å². The molecule has 3 heteroatoms. The maximum Gasteiger partial charge on any atom is 0.314 e. The van der Waals surface area contributed by atoms with E-state index in [0.717, 1.165) is 6.42 Å². The molecule has 0 aromatic carbocycles. The molecular formula is C7H11NO2. The summed E-state index contributed by atoms with van der Waals surface area (Å²) in [6, 6.07) is 0. The third-order valence-corrected chi connectivity index (χ3v) is 1.30. The van der Waals surface area contributed by atoms with Crippen molar-refractivity contribution in [1.82, 2.24) is 0 Å². The van der Waals surface area contributed by atoms with Crippen molar-refractivity contribution >= 4 is 5.97 Å². The second kappa shape index (κ2) is 4.80. The van der Waals surface area contributed by atoms with E-state index in [9.17, 15) is 4.79 Å². The van der Waals surface area contributed by atoms with Gasteiger partial charge in [0.2, 0.25) is 6.54 Å². The second-order valence-electron chi connectivity index (χ2n) is 2.16. The highest BCUT2D eigenvalue weighted by molar-refractivity contribution is 5.70. The van der Waals surface area contributed by atoms with Crippen LogP contribution in [0.3, 0.4) is 0 Å². The van der Waals surface area contributed by atoms with Crippen LogP contribution in [0.5, 0.6) is 0 Å². The van der Waals surface area contributed by atoms with E-state index >= 15 is 0 Å². The fourth-order valence-electron chi connectivity index (χ4n) is 0.752. The van der Waals surface area contributed by atoms with Gasteiger partial charge in [0.25, 0.3) is 0 Å². The molecule has 10 heavy (non-hydrogen) atoms. The minimum atomic E-state index is -0.849. The van der Waals surface area contributed by atoms with E-state index in [1.165, 1.54) is 0 Å². The molecule has 0 bridgehead atoms. The molecule has 0 aliphatic heterocycles. The summed E-state index contributed by atoms with van der Waals surface area (Å²) in [4.78, 5) is 13.4. The fraction of sp³-hybridized carbons (Fsp3) is 0.714. The maximum absolute atomic E-state index is 10.3. The van der Waals surface area contributed by atoms with E-state index in [-0.39, 0.29) is 6.54 Å². The maximum atomic E-state index is 10.3. The Morgan fingerprint density at radius 2 is 2.40 bits per heavy atom. The lowest BCUT2D eigenvalue weighted by Crippen LogP contribution is -2.15. The van der Waals surface area contributed by atoms with Gasteiger partial charge in [-0.1, -0.05) is 13.3 Å². The van der Waals surface area contributed by atoms with Crippen LogP contribution < -0.4 is 0 Å². The Morgan fingerprint density at radius 1 is 1.80 bits per heavy atom. The number of rotatable bonds is 4. The van der Waals surface area contributed by atoms with E-state index in [0.29, 0.717) is 6.42 Å². The fourth-order valence-corrected chi connectivity index (χ4v) is 0.752. The van der Waals surface area contributed by atoms with E-state index in [2.05, 4.69) is 4.85 Å². The van der Waals surface area contributed by atoms with Gasteiger partial charge < -0.3 is 9.95 Å². The lowest BCUT2D eigenvalue weighted by molar-refractivity contribution is -0.141. The van der Waals surface area contributed by atoms with Crippen LogP contribution >= 0.6 is 0 Å². The molecular weight excluding hydrogens is 130 g/mol. The molecule has 0 aromatic rings. The number of hydrogen-bond donors (Lipinski definition) is 1. The zero-order valence-corrected chi connectivity index (χ0v) is 6.00. The first-order valence-electron chi connectivity index (χ1n) is 3.28. The van der Waals surface area contributed by atoms with Gasteiger partial charge in [-0.05, 0) is 6.42 Å². The van der Waals surface area contributed by atoms with Crippen LogP contribution in [-0.4, -0.2) is 17.6 Å². The number of hydrogen-bond acceptors (Lipinski definition) is 1. The van der Waals surface area contributed by atoms with Crippen LogP contribution in [0.1, 0.15) is 19.8 Å². The van der Waals surface area contributed by atoms with Gasteiger partial charge in [-0.3, -0.25) is 4.79 Å². The molecule has 0 spiro atoms.